The van der Waals surface area contributed by atoms with Gasteiger partial charge in [-0.15, -0.1) is 0 Å². The van der Waals surface area contributed by atoms with Crippen LogP contribution in [0.1, 0.15) is 16.1 Å². The molecule has 0 unspecified atom stereocenters. The zero-order chi connectivity index (χ0) is 13.1. The van der Waals surface area contributed by atoms with E-state index in [1.165, 1.54) is 0 Å². The highest BCUT2D eigenvalue weighted by Gasteiger charge is 2.10. The van der Waals surface area contributed by atoms with E-state index >= 15 is 0 Å². The highest BCUT2D eigenvalue weighted by Crippen LogP contribution is 2.16. The Kier molecular flexibility index (Phi) is 3.06. The molecule has 0 aliphatic carbocycles. The van der Waals surface area contributed by atoms with Gasteiger partial charge in [-0.1, -0.05) is 12.1 Å². The van der Waals surface area contributed by atoms with E-state index in [4.69, 9.17) is 4.42 Å². The van der Waals surface area contributed by atoms with Gasteiger partial charge in [0.2, 0.25) is 0 Å². The van der Waals surface area contributed by atoms with Gasteiger partial charge >= 0.3 is 0 Å². The van der Waals surface area contributed by atoms with Crippen molar-refractivity contribution in [2.45, 2.75) is 6.42 Å². The number of benzene rings is 1. The molecule has 0 aliphatic rings. The van der Waals surface area contributed by atoms with Crippen molar-refractivity contribution < 1.29 is 9.21 Å². The van der Waals surface area contributed by atoms with Crippen LogP contribution in [0.2, 0.25) is 0 Å². The van der Waals surface area contributed by atoms with Gasteiger partial charge in [0.15, 0.2) is 0 Å². The third-order valence-corrected chi connectivity index (χ3v) is 3.07. The summed E-state index contributed by atoms with van der Waals surface area (Å²) in [6.07, 6.45) is 4.17. The molecule has 0 aliphatic heterocycles. The maximum Gasteiger partial charge on any atom is 0.253 e. The normalized spacial score (nSPS) is 10.7. The Morgan fingerprint density at radius 2 is 2.16 bits per heavy atom. The van der Waals surface area contributed by atoms with E-state index in [2.05, 4.69) is 10.3 Å². The molecule has 0 radical (unpaired) electrons. The average molecular weight is 254 g/mol. The summed E-state index contributed by atoms with van der Waals surface area (Å²) in [7, 11) is 0. The minimum Gasteiger partial charge on any atom is -0.469 e. The molecule has 1 amide bonds. The highest BCUT2D eigenvalue weighted by atomic mass is 16.3. The number of furan rings is 1. The number of hydrogen-bond donors (Lipinski definition) is 2. The molecule has 3 rings (SSSR count). The van der Waals surface area contributed by atoms with Crippen LogP contribution in [0.5, 0.6) is 0 Å². The lowest BCUT2D eigenvalue weighted by Crippen LogP contribution is -2.25. The third kappa shape index (κ3) is 2.38. The number of amides is 1. The second-order valence-electron chi connectivity index (χ2n) is 4.33. The Morgan fingerprint density at radius 1 is 1.21 bits per heavy atom. The van der Waals surface area contributed by atoms with Crippen molar-refractivity contribution in [3.05, 3.63) is 60.2 Å². The second kappa shape index (κ2) is 5.02. The van der Waals surface area contributed by atoms with Crippen molar-refractivity contribution in [1.29, 1.82) is 0 Å². The lowest BCUT2D eigenvalue weighted by atomic mass is 10.1. The van der Waals surface area contributed by atoms with Crippen LogP contribution >= 0.6 is 0 Å². The predicted molar refractivity (Wildman–Crippen MR) is 73.0 cm³/mol. The summed E-state index contributed by atoms with van der Waals surface area (Å²) >= 11 is 0. The molecular formula is C15H14N2O2. The Bertz CT molecular complexity index is 683. The average Bonchev–Trinajstić information content (AvgIpc) is 3.08. The third-order valence-electron chi connectivity index (χ3n) is 3.07. The van der Waals surface area contributed by atoms with Crippen LogP contribution in [0.3, 0.4) is 0 Å². The summed E-state index contributed by atoms with van der Waals surface area (Å²) in [6, 6.07) is 11.4. The molecule has 0 saturated heterocycles. The van der Waals surface area contributed by atoms with Crippen LogP contribution in [-0.4, -0.2) is 17.4 Å². The first-order chi connectivity index (χ1) is 9.34. The molecule has 0 saturated carbocycles. The van der Waals surface area contributed by atoms with E-state index in [-0.39, 0.29) is 5.91 Å². The lowest BCUT2D eigenvalue weighted by Gasteiger charge is -2.05. The quantitative estimate of drug-likeness (QED) is 0.752. The molecular weight excluding hydrogens is 240 g/mol. The van der Waals surface area contributed by atoms with Crippen LogP contribution in [0, 0.1) is 0 Å². The minimum absolute atomic E-state index is 0.0698. The van der Waals surface area contributed by atoms with Gasteiger partial charge in [0.1, 0.15) is 5.76 Å². The molecule has 2 aromatic heterocycles. The number of nitrogens with one attached hydrogen (secondary N) is 2. The Morgan fingerprint density at radius 3 is 3.00 bits per heavy atom. The Labute approximate surface area is 110 Å². The second-order valence-corrected chi connectivity index (χ2v) is 4.33. The van der Waals surface area contributed by atoms with E-state index in [0.717, 1.165) is 16.7 Å². The van der Waals surface area contributed by atoms with Gasteiger partial charge in [0, 0.05) is 24.5 Å². The van der Waals surface area contributed by atoms with Crippen LogP contribution in [-0.2, 0) is 6.42 Å². The van der Waals surface area contributed by atoms with E-state index in [1.807, 2.05) is 42.6 Å². The highest BCUT2D eigenvalue weighted by molar-refractivity contribution is 6.05. The fourth-order valence-electron chi connectivity index (χ4n) is 2.12. The number of aromatic amines is 1. The zero-order valence-corrected chi connectivity index (χ0v) is 10.3. The summed E-state index contributed by atoms with van der Waals surface area (Å²) in [6.45, 7) is 0.559. The molecule has 2 N–H and O–H groups in total. The van der Waals surface area contributed by atoms with Crippen molar-refractivity contribution in [2.24, 2.45) is 0 Å². The van der Waals surface area contributed by atoms with Crippen molar-refractivity contribution >= 4 is 16.8 Å². The number of fused-ring (bicyclic) bond motifs is 1. The van der Waals surface area contributed by atoms with Gasteiger partial charge < -0.3 is 14.7 Å². The first-order valence-corrected chi connectivity index (χ1v) is 6.21. The first kappa shape index (κ1) is 11.6. The molecule has 3 aromatic rings. The lowest BCUT2D eigenvalue weighted by molar-refractivity contribution is 0.0955. The van der Waals surface area contributed by atoms with Crippen molar-refractivity contribution in [3.8, 4) is 0 Å². The fourth-order valence-corrected chi connectivity index (χ4v) is 2.12. The summed E-state index contributed by atoms with van der Waals surface area (Å²) in [5.74, 6) is 0.804. The van der Waals surface area contributed by atoms with Gasteiger partial charge in [-0.05, 0) is 24.3 Å². The molecule has 0 spiro atoms. The van der Waals surface area contributed by atoms with Crippen LogP contribution in [0.15, 0.2) is 53.3 Å². The standard InChI is InChI=1S/C15H14N2O2/c18-15(17-9-7-12-4-2-10-19-12)13-5-1-3-11-6-8-16-14(11)13/h1-6,8,10,16H,7,9H2,(H,17,18). The van der Waals surface area contributed by atoms with E-state index in [0.29, 0.717) is 18.5 Å². The number of aromatic nitrogens is 1. The molecule has 1 aromatic carbocycles. The molecule has 0 fully saturated rings. The molecule has 96 valence electrons. The topological polar surface area (TPSA) is 58.0 Å². The predicted octanol–water partition coefficient (Wildman–Crippen LogP) is 2.73. The Hall–Kier alpha value is -2.49. The van der Waals surface area contributed by atoms with Gasteiger partial charge in [-0.25, -0.2) is 0 Å². The minimum atomic E-state index is -0.0698. The molecule has 4 heteroatoms. The molecule has 19 heavy (non-hydrogen) atoms. The number of carbonyl (C=O) groups excluding carboxylic acids is 1. The van der Waals surface area contributed by atoms with E-state index in [9.17, 15) is 4.79 Å². The van der Waals surface area contributed by atoms with Crippen molar-refractivity contribution in [3.63, 3.8) is 0 Å². The van der Waals surface area contributed by atoms with Gasteiger partial charge in [0.25, 0.3) is 5.91 Å². The first-order valence-electron chi connectivity index (χ1n) is 6.21. The monoisotopic (exact) mass is 254 g/mol. The van der Waals surface area contributed by atoms with Crippen LogP contribution in [0.4, 0.5) is 0 Å². The Balaban J connectivity index is 1.68. The van der Waals surface area contributed by atoms with Crippen molar-refractivity contribution in [1.82, 2.24) is 10.3 Å². The zero-order valence-electron chi connectivity index (χ0n) is 10.3. The summed E-state index contributed by atoms with van der Waals surface area (Å²) < 4.78 is 5.22. The molecule has 4 nitrogen and oxygen atoms in total. The number of H-pyrrole nitrogens is 1. The van der Waals surface area contributed by atoms with E-state index in [1.54, 1.807) is 6.26 Å². The van der Waals surface area contributed by atoms with Gasteiger partial charge in [0.05, 0.1) is 17.3 Å². The van der Waals surface area contributed by atoms with Crippen molar-refractivity contribution in [2.75, 3.05) is 6.54 Å². The number of para-hydroxylation sites is 1. The van der Waals surface area contributed by atoms with Gasteiger partial charge in [-0.3, -0.25) is 4.79 Å². The van der Waals surface area contributed by atoms with Gasteiger partial charge in [-0.2, -0.15) is 0 Å². The molecule has 2 heterocycles. The number of rotatable bonds is 4. The number of hydrogen-bond acceptors (Lipinski definition) is 2. The fraction of sp³-hybridized carbons (Fsp3) is 0.133. The smallest absolute Gasteiger partial charge is 0.253 e. The van der Waals surface area contributed by atoms with Crippen LogP contribution < -0.4 is 5.32 Å². The number of carbonyl (C=O) groups is 1. The SMILES string of the molecule is O=C(NCCc1ccco1)c1cccc2cc[nH]c12. The maximum atomic E-state index is 12.1. The summed E-state index contributed by atoms with van der Waals surface area (Å²) in [5.41, 5.74) is 1.54. The van der Waals surface area contributed by atoms with E-state index < -0.39 is 0 Å². The van der Waals surface area contributed by atoms with Crippen LogP contribution in [0.25, 0.3) is 10.9 Å². The largest absolute Gasteiger partial charge is 0.469 e. The summed E-state index contributed by atoms with van der Waals surface area (Å²) in [5, 5.41) is 3.94. The molecule has 0 atom stereocenters. The summed E-state index contributed by atoms with van der Waals surface area (Å²) in [4.78, 5) is 15.2. The maximum absolute atomic E-state index is 12.1. The molecule has 0 bridgehead atoms.